The van der Waals surface area contributed by atoms with Gasteiger partial charge >= 0.3 is 5.97 Å². The number of halogens is 1. The normalized spacial score (nSPS) is 11.9. The second-order valence-corrected chi connectivity index (χ2v) is 8.99. The molecule has 3 rings (SSSR count). The maximum Gasteiger partial charge on any atom is 0.326 e. The quantitative estimate of drug-likeness (QED) is 0.390. The molecule has 7 heteroatoms. The number of carboxylic acid groups (broad SMARTS) is 1. The molecule has 0 fully saturated rings. The number of benzene rings is 2. The van der Waals surface area contributed by atoms with Gasteiger partial charge in [-0.2, -0.15) is 11.8 Å². The fourth-order valence-electron chi connectivity index (χ4n) is 3.16. The molecule has 0 aliphatic heterocycles. The molecule has 164 valence electrons. The zero-order valence-corrected chi connectivity index (χ0v) is 19.9. The van der Waals surface area contributed by atoms with E-state index < -0.39 is 17.9 Å². The lowest BCUT2D eigenvalue weighted by Crippen LogP contribution is -2.41. The van der Waals surface area contributed by atoms with Crippen molar-refractivity contribution in [2.45, 2.75) is 12.5 Å². The summed E-state index contributed by atoms with van der Waals surface area (Å²) in [5.41, 5.74) is 3.92. The number of pyridine rings is 1. The second kappa shape index (κ2) is 11.6. The SMILES string of the molecule is CSCC[C@H](NC(=O)c1ccc(C=Cc2cncc(Br)c2)cc1-c1ccccc1)C(=O)O. The van der Waals surface area contributed by atoms with Gasteiger partial charge < -0.3 is 10.4 Å². The topological polar surface area (TPSA) is 79.3 Å². The monoisotopic (exact) mass is 510 g/mol. The van der Waals surface area contributed by atoms with Crippen LogP contribution in [-0.4, -0.2) is 40.0 Å². The Balaban J connectivity index is 1.93. The van der Waals surface area contributed by atoms with Crippen molar-refractivity contribution in [2.24, 2.45) is 0 Å². The number of amides is 1. The number of aromatic nitrogens is 1. The molecule has 2 aromatic carbocycles. The maximum absolute atomic E-state index is 13.0. The third kappa shape index (κ3) is 6.55. The molecule has 0 radical (unpaired) electrons. The number of carbonyl (C=O) groups excluding carboxylic acids is 1. The van der Waals surface area contributed by atoms with Gasteiger partial charge in [0.25, 0.3) is 5.91 Å². The van der Waals surface area contributed by atoms with Crippen molar-refractivity contribution in [3.63, 3.8) is 0 Å². The summed E-state index contributed by atoms with van der Waals surface area (Å²) in [5.74, 6) is -0.781. The Morgan fingerprint density at radius 1 is 1.09 bits per heavy atom. The van der Waals surface area contributed by atoms with E-state index in [2.05, 4.69) is 26.2 Å². The summed E-state index contributed by atoms with van der Waals surface area (Å²) in [7, 11) is 0. The van der Waals surface area contributed by atoms with Crippen LogP contribution in [0, 0.1) is 0 Å². The summed E-state index contributed by atoms with van der Waals surface area (Å²) >= 11 is 4.96. The molecule has 1 aromatic heterocycles. The molecule has 5 nitrogen and oxygen atoms in total. The number of hydrogen-bond acceptors (Lipinski definition) is 4. The fraction of sp³-hybridized carbons (Fsp3) is 0.160. The van der Waals surface area contributed by atoms with Gasteiger partial charge in [-0.3, -0.25) is 9.78 Å². The van der Waals surface area contributed by atoms with E-state index in [-0.39, 0.29) is 0 Å². The summed E-state index contributed by atoms with van der Waals surface area (Å²) in [6.07, 6.45) is 9.67. The first-order valence-electron chi connectivity index (χ1n) is 9.98. The average molecular weight is 511 g/mol. The lowest BCUT2D eigenvalue weighted by Gasteiger charge is -2.16. The highest BCUT2D eigenvalue weighted by molar-refractivity contribution is 9.10. The number of hydrogen-bond donors (Lipinski definition) is 2. The Morgan fingerprint density at radius 3 is 2.53 bits per heavy atom. The summed E-state index contributed by atoms with van der Waals surface area (Å²) in [5, 5.41) is 12.2. The standard InChI is InChI=1S/C25H23BrN2O3S/c1-32-12-11-23(25(30)31)28-24(29)21-10-9-17(7-8-18-13-20(26)16-27-15-18)14-22(21)19-5-3-2-4-6-19/h2-10,13-16,23H,11-12H2,1H3,(H,28,29)(H,30,31)/t23-/m0/s1. The predicted molar refractivity (Wildman–Crippen MR) is 135 cm³/mol. The lowest BCUT2D eigenvalue weighted by atomic mass is 9.96. The zero-order chi connectivity index (χ0) is 22.9. The van der Waals surface area contributed by atoms with E-state index in [4.69, 9.17) is 0 Å². The molecule has 0 aliphatic carbocycles. The van der Waals surface area contributed by atoms with E-state index >= 15 is 0 Å². The second-order valence-electron chi connectivity index (χ2n) is 7.09. The minimum absolute atomic E-state index is 0.365. The molecule has 2 N–H and O–H groups in total. The highest BCUT2D eigenvalue weighted by Crippen LogP contribution is 2.26. The molecule has 0 unspecified atom stereocenters. The number of nitrogens with one attached hydrogen (secondary N) is 1. The molecule has 32 heavy (non-hydrogen) atoms. The molecule has 1 atom stereocenters. The molecular weight excluding hydrogens is 488 g/mol. The Labute approximate surface area is 200 Å². The van der Waals surface area contributed by atoms with Crippen LogP contribution < -0.4 is 5.32 Å². The third-order valence-corrected chi connectivity index (χ3v) is 5.86. The number of carboxylic acids is 1. The first-order chi connectivity index (χ1) is 15.5. The van der Waals surface area contributed by atoms with Crippen LogP contribution in [0.25, 0.3) is 23.3 Å². The van der Waals surface area contributed by atoms with E-state index in [1.165, 1.54) is 0 Å². The summed E-state index contributed by atoms with van der Waals surface area (Å²) in [6.45, 7) is 0. The van der Waals surface area contributed by atoms with Crippen molar-refractivity contribution < 1.29 is 14.7 Å². The Kier molecular flexibility index (Phi) is 8.64. The number of carbonyl (C=O) groups is 2. The van der Waals surface area contributed by atoms with Crippen molar-refractivity contribution in [2.75, 3.05) is 12.0 Å². The smallest absolute Gasteiger partial charge is 0.326 e. The van der Waals surface area contributed by atoms with Gasteiger partial charge in [0, 0.05) is 22.4 Å². The van der Waals surface area contributed by atoms with Gasteiger partial charge in [-0.15, -0.1) is 0 Å². The van der Waals surface area contributed by atoms with Crippen molar-refractivity contribution in [3.8, 4) is 11.1 Å². The predicted octanol–water partition coefficient (Wildman–Crippen LogP) is 5.62. The maximum atomic E-state index is 13.0. The third-order valence-electron chi connectivity index (χ3n) is 4.78. The average Bonchev–Trinajstić information content (AvgIpc) is 2.80. The van der Waals surface area contributed by atoms with E-state index in [1.54, 1.807) is 30.2 Å². The van der Waals surface area contributed by atoms with E-state index in [0.717, 1.165) is 26.7 Å². The highest BCUT2D eigenvalue weighted by Gasteiger charge is 2.22. The first-order valence-corrected chi connectivity index (χ1v) is 12.2. The molecule has 3 aromatic rings. The molecule has 0 bridgehead atoms. The number of aliphatic carboxylic acids is 1. The molecule has 0 saturated carbocycles. The van der Waals surface area contributed by atoms with E-state index in [1.807, 2.05) is 66.9 Å². The molecule has 1 amide bonds. The summed E-state index contributed by atoms with van der Waals surface area (Å²) < 4.78 is 0.895. The van der Waals surface area contributed by atoms with Crippen molar-refractivity contribution in [1.82, 2.24) is 10.3 Å². The van der Waals surface area contributed by atoms with E-state index in [0.29, 0.717) is 17.7 Å². The molecule has 0 spiro atoms. The Bertz CT molecular complexity index is 1120. The zero-order valence-electron chi connectivity index (χ0n) is 17.5. The number of rotatable bonds is 9. The van der Waals surface area contributed by atoms with Crippen LogP contribution in [0.15, 0.2) is 71.5 Å². The summed E-state index contributed by atoms with van der Waals surface area (Å²) in [4.78, 5) is 28.8. The number of thioether (sulfide) groups is 1. The molecular formula is C25H23BrN2O3S. The van der Waals surface area contributed by atoms with Crippen LogP contribution in [0.4, 0.5) is 0 Å². The van der Waals surface area contributed by atoms with Crippen LogP contribution in [0.3, 0.4) is 0 Å². The van der Waals surface area contributed by atoms with Gasteiger partial charge in [0.1, 0.15) is 6.04 Å². The van der Waals surface area contributed by atoms with Crippen molar-refractivity contribution >= 4 is 51.7 Å². The Morgan fingerprint density at radius 2 is 1.84 bits per heavy atom. The van der Waals surface area contributed by atoms with Gasteiger partial charge in [0.05, 0.1) is 0 Å². The van der Waals surface area contributed by atoms with Crippen LogP contribution in [-0.2, 0) is 4.79 Å². The number of nitrogens with zero attached hydrogens (tertiary/aromatic N) is 1. The van der Waals surface area contributed by atoms with Crippen molar-refractivity contribution in [1.29, 1.82) is 0 Å². The fourth-order valence-corrected chi connectivity index (χ4v) is 4.02. The van der Waals surface area contributed by atoms with Gasteiger partial charge in [-0.25, -0.2) is 4.79 Å². The van der Waals surface area contributed by atoms with Gasteiger partial charge in [-0.05, 0) is 74.8 Å². The summed E-state index contributed by atoms with van der Waals surface area (Å²) in [6, 6.07) is 16.1. The van der Waals surface area contributed by atoms with E-state index in [9.17, 15) is 14.7 Å². The van der Waals surface area contributed by atoms with Crippen LogP contribution in [0.5, 0.6) is 0 Å². The largest absolute Gasteiger partial charge is 0.480 e. The lowest BCUT2D eigenvalue weighted by molar-refractivity contribution is -0.139. The van der Waals surface area contributed by atoms with Crippen LogP contribution in [0.1, 0.15) is 27.9 Å². The Hall–Kier alpha value is -2.90. The first kappa shape index (κ1) is 23.8. The molecule has 0 saturated heterocycles. The molecule has 0 aliphatic rings. The van der Waals surface area contributed by atoms with Crippen LogP contribution in [0.2, 0.25) is 0 Å². The minimum Gasteiger partial charge on any atom is -0.480 e. The van der Waals surface area contributed by atoms with Gasteiger partial charge in [-0.1, -0.05) is 48.6 Å². The highest BCUT2D eigenvalue weighted by atomic mass is 79.9. The molecule has 1 heterocycles. The van der Waals surface area contributed by atoms with Gasteiger partial charge in [0.2, 0.25) is 0 Å². The minimum atomic E-state index is -1.03. The van der Waals surface area contributed by atoms with Crippen LogP contribution >= 0.6 is 27.7 Å². The van der Waals surface area contributed by atoms with Crippen molar-refractivity contribution in [3.05, 3.63) is 88.2 Å². The van der Waals surface area contributed by atoms with Gasteiger partial charge in [0.15, 0.2) is 0 Å².